The molecule has 2 aromatic heterocycles. The Bertz CT molecular complexity index is 357. The van der Waals surface area contributed by atoms with Gasteiger partial charge in [-0.15, -0.1) is 5.10 Å². The Kier molecular flexibility index (Phi) is 1.58. The zero-order valence-corrected chi connectivity index (χ0v) is 6.87. The maximum Gasteiger partial charge on any atom is 0.313 e. The van der Waals surface area contributed by atoms with Crippen LogP contribution in [0.1, 0.15) is 5.76 Å². The SMILES string of the molecule is Cc1cc(-c2nnc(Cl)o2)no1. The molecule has 0 aromatic carbocycles. The van der Waals surface area contributed by atoms with Crippen molar-refractivity contribution in [3.05, 3.63) is 17.2 Å². The van der Waals surface area contributed by atoms with E-state index in [1.54, 1.807) is 13.0 Å². The molecule has 2 heterocycles. The van der Waals surface area contributed by atoms with Crippen LogP contribution < -0.4 is 0 Å². The van der Waals surface area contributed by atoms with Crippen molar-refractivity contribution in [1.29, 1.82) is 0 Å². The lowest BCUT2D eigenvalue weighted by molar-refractivity contribution is 0.397. The van der Waals surface area contributed by atoms with Gasteiger partial charge in [-0.1, -0.05) is 10.3 Å². The molecule has 0 saturated carbocycles. The second kappa shape index (κ2) is 2.60. The number of rotatable bonds is 1. The van der Waals surface area contributed by atoms with Crippen LogP contribution in [-0.4, -0.2) is 15.4 Å². The fourth-order valence-electron chi connectivity index (χ4n) is 0.776. The molecular weight excluding hydrogens is 182 g/mol. The van der Waals surface area contributed by atoms with Crippen LogP contribution in [0.3, 0.4) is 0 Å². The minimum atomic E-state index is -0.00865. The standard InChI is InChI=1S/C6H4ClN3O2/c1-3-2-4(10-12-3)5-8-9-6(7)11-5/h2H,1H3. The number of nitrogens with zero attached hydrogens (tertiary/aromatic N) is 3. The summed E-state index contributed by atoms with van der Waals surface area (Å²) in [4.78, 5) is 0. The Morgan fingerprint density at radius 3 is 2.75 bits per heavy atom. The Balaban J connectivity index is 2.43. The second-order valence-corrected chi connectivity index (χ2v) is 2.51. The number of aromatic nitrogens is 3. The van der Waals surface area contributed by atoms with Gasteiger partial charge in [-0.3, -0.25) is 0 Å². The molecule has 0 bridgehead atoms. The highest BCUT2D eigenvalue weighted by Gasteiger charge is 2.10. The average Bonchev–Trinajstić information content (AvgIpc) is 2.58. The molecule has 5 nitrogen and oxygen atoms in total. The predicted molar refractivity (Wildman–Crippen MR) is 39.5 cm³/mol. The molecule has 0 amide bonds. The van der Waals surface area contributed by atoms with Crippen LogP contribution in [0.4, 0.5) is 0 Å². The third-order valence-corrected chi connectivity index (χ3v) is 1.40. The van der Waals surface area contributed by atoms with E-state index >= 15 is 0 Å². The van der Waals surface area contributed by atoms with Gasteiger partial charge in [0, 0.05) is 6.07 Å². The van der Waals surface area contributed by atoms with Crippen molar-refractivity contribution in [2.75, 3.05) is 0 Å². The summed E-state index contributed by atoms with van der Waals surface area (Å²) in [7, 11) is 0. The van der Waals surface area contributed by atoms with Gasteiger partial charge in [-0.25, -0.2) is 0 Å². The highest BCUT2D eigenvalue weighted by Crippen LogP contribution is 2.18. The van der Waals surface area contributed by atoms with Crippen LogP contribution in [0, 0.1) is 6.92 Å². The lowest BCUT2D eigenvalue weighted by Gasteiger charge is -1.79. The highest BCUT2D eigenvalue weighted by molar-refractivity contribution is 6.27. The molecule has 0 aliphatic carbocycles. The van der Waals surface area contributed by atoms with E-state index in [0.717, 1.165) is 0 Å². The van der Waals surface area contributed by atoms with Crippen LogP contribution in [0.2, 0.25) is 5.35 Å². The summed E-state index contributed by atoms with van der Waals surface area (Å²) in [6, 6.07) is 1.68. The van der Waals surface area contributed by atoms with Crippen LogP contribution in [0.5, 0.6) is 0 Å². The maximum absolute atomic E-state index is 5.42. The zero-order valence-electron chi connectivity index (χ0n) is 6.11. The summed E-state index contributed by atoms with van der Waals surface area (Å²) in [5.74, 6) is 0.941. The Labute approximate surface area is 72.3 Å². The topological polar surface area (TPSA) is 65.0 Å². The quantitative estimate of drug-likeness (QED) is 0.676. The van der Waals surface area contributed by atoms with Crippen molar-refractivity contribution in [3.63, 3.8) is 0 Å². The number of hydrogen-bond donors (Lipinski definition) is 0. The summed E-state index contributed by atoms with van der Waals surface area (Å²) in [5, 5.41) is 10.8. The highest BCUT2D eigenvalue weighted by atomic mass is 35.5. The van der Waals surface area contributed by atoms with Crippen molar-refractivity contribution in [2.24, 2.45) is 0 Å². The molecule has 0 aliphatic heterocycles. The molecule has 0 atom stereocenters. The van der Waals surface area contributed by atoms with Crippen molar-refractivity contribution in [3.8, 4) is 11.6 Å². The fourth-order valence-corrected chi connectivity index (χ4v) is 0.887. The van der Waals surface area contributed by atoms with Gasteiger partial charge >= 0.3 is 5.35 Å². The monoisotopic (exact) mass is 185 g/mol. The first kappa shape index (κ1) is 7.30. The predicted octanol–water partition coefficient (Wildman–Crippen LogP) is 1.69. The molecule has 12 heavy (non-hydrogen) atoms. The van der Waals surface area contributed by atoms with Crippen molar-refractivity contribution in [1.82, 2.24) is 15.4 Å². The molecule has 6 heteroatoms. The molecule has 0 unspecified atom stereocenters. The van der Waals surface area contributed by atoms with E-state index in [1.165, 1.54) is 0 Å². The van der Waals surface area contributed by atoms with E-state index in [1.807, 2.05) is 0 Å². The Morgan fingerprint density at radius 1 is 1.42 bits per heavy atom. The van der Waals surface area contributed by atoms with Crippen molar-refractivity contribution < 1.29 is 8.94 Å². The van der Waals surface area contributed by atoms with E-state index in [0.29, 0.717) is 11.5 Å². The minimum absolute atomic E-state index is 0.00865. The van der Waals surface area contributed by atoms with Crippen LogP contribution in [-0.2, 0) is 0 Å². The maximum atomic E-state index is 5.42. The van der Waals surface area contributed by atoms with Gasteiger partial charge in [0.05, 0.1) is 0 Å². The summed E-state index contributed by atoms with van der Waals surface area (Å²) in [6.07, 6.45) is 0. The van der Waals surface area contributed by atoms with Crippen molar-refractivity contribution in [2.45, 2.75) is 6.92 Å². The van der Waals surface area contributed by atoms with Crippen LogP contribution >= 0.6 is 11.6 Å². The van der Waals surface area contributed by atoms with E-state index in [2.05, 4.69) is 15.4 Å². The summed E-state index contributed by atoms with van der Waals surface area (Å²) >= 11 is 5.42. The van der Waals surface area contributed by atoms with Crippen LogP contribution in [0.25, 0.3) is 11.6 Å². The molecule has 0 aliphatic rings. The fraction of sp³-hybridized carbons (Fsp3) is 0.167. The molecule has 0 radical (unpaired) electrons. The third-order valence-electron chi connectivity index (χ3n) is 1.25. The summed E-state index contributed by atoms with van der Waals surface area (Å²) in [5.41, 5.74) is 0.493. The van der Waals surface area contributed by atoms with Gasteiger partial charge in [0.15, 0.2) is 5.69 Å². The molecule has 0 N–H and O–H groups in total. The average molecular weight is 186 g/mol. The second-order valence-electron chi connectivity index (χ2n) is 2.18. The van der Waals surface area contributed by atoms with Gasteiger partial charge < -0.3 is 8.94 Å². The number of hydrogen-bond acceptors (Lipinski definition) is 5. The van der Waals surface area contributed by atoms with Crippen molar-refractivity contribution >= 4 is 11.6 Å². The zero-order chi connectivity index (χ0) is 8.55. The molecule has 0 saturated heterocycles. The number of halogens is 1. The Morgan fingerprint density at radius 2 is 2.25 bits per heavy atom. The lowest BCUT2D eigenvalue weighted by atomic mass is 10.4. The van der Waals surface area contributed by atoms with Gasteiger partial charge in [0.1, 0.15) is 5.76 Å². The largest absolute Gasteiger partial charge is 0.406 e. The normalized spacial score (nSPS) is 10.5. The molecule has 2 rings (SSSR count). The van der Waals surface area contributed by atoms with E-state index in [4.69, 9.17) is 20.5 Å². The molecule has 62 valence electrons. The first-order valence-electron chi connectivity index (χ1n) is 3.18. The van der Waals surface area contributed by atoms with Crippen LogP contribution in [0.15, 0.2) is 15.0 Å². The minimum Gasteiger partial charge on any atom is -0.406 e. The van der Waals surface area contributed by atoms with Gasteiger partial charge in [0.25, 0.3) is 5.89 Å². The molecule has 0 fully saturated rings. The number of aryl methyl sites for hydroxylation is 1. The Hall–Kier alpha value is -1.36. The molecule has 0 spiro atoms. The van der Waals surface area contributed by atoms with Gasteiger partial charge in [0.2, 0.25) is 0 Å². The van der Waals surface area contributed by atoms with E-state index in [-0.39, 0.29) is 11.2 Å². The summed E-state index contributed by atoms with van der Waals surface area (Å²) < 4.78 is 9.71. The van der Waals surface area contributed by atoms with E-state index < -0.39 is 0 Å². The first-order valence-corrected chi connectivity index (χ1v) is 3.56. The van der Waals surface area contributed by atoms with Gasteiger partial charge in [-0.2, -0.15) is 0 Å². The summed E-state index contributed by atoms with van der Waals surface area (Å²) in [6.45, 7) is 1.77. The first-order chi connectivity index (χ1) is 5.75. The lowest BCUT2D eigenvalue weighted by Crippen LogP contribution is -1.75. The smallest absolute Gasteiger partial charge is 0.313 e. The van der Waals surface area contributed by atoms with E-state index in [9.17, 15) is 0 Å². The molecule has 2 aromatic rings. The third kappa shape index (κ3) is 1.18. The molecular formula is C6H4ClN3O2. The van der Waals surface area contributed by atoms with Gasteiger partial charge in [-0.05, 0) is 18.5 Å².